The van der Waals surface area contributed by atoms with Gasteiger partial charge in [0.05, 0.1) is 18.8 Å². The highest BCUT2D eigenvalue weighted by Gasteiger charge is 2.45. The maximum atomic E-state index is 14.7. The fourth-order valence-corrected chi connectivity index (χ4v) is 3.64. The number of hydrogen-bond acceptors (Lipinski definition) is 5. The molecule has 1 amide bonds. The highest BCUT2D eigenvalue weighted by atomic mass is 19.4. The van der Waals surface area contributed by atoms with Gasteiger partial charge in [0, 0.05) is 45.0 Å². The van der Waals surface area contributed by atoms with Gasteiger partial charge >= 0.3 is 6.18 Å². The Morgan fingerprint density at radius 3 is 2.50 bits per heavy atom. The van der Waals surface area contributed by atoms with E-state index in [-0.39, 0.29) is 30.9 Å². The third-order valence-electron chi connectivity index (χ3n) is 5.23. The van der Waals surface area contributed by atoms with Gasteiger partial charge in [0.2, 0.25) is 0 Å². The molecule has 2 saturated heterocycles. The average Bonchev–Trinajstić information content (AvgIpc) is 2.62. The van der Waals surface area contributed by atoms with Crippen LogP contribution >= 0.6 is 0 Å². The van der Waals surface area contributed by atoms with E-state index in [4.69, 9.17) is 10.5 Å². The Labute approximate surface area is 160 Å². The van der Waals surface area contributed by atoms with Crippen molar-refractivity contribution >= 4 is 11.6 Å². The zero-order valence-electron chi connectivity index (χ0n) is 15.6. The fraction of sp³-hybridized carbons (Fsp3) is 0.611. The average molecular weight is 404 g/mol. The monoisotopic (exact) mass is 404 g/mol. The molecule has 2 aliphatic heterocycles. The molecule has 6 nitrogen and oxygen atoms in total. The van der Waals surface area contributed by atoms with Crippen molar-refractivity contribution in [2.45, 2.75) is 18.8 Å². The van der Waals surface area contributed by atoms with Gasteiger partial charge in [-0.2, -0.15) is 13.2 Å². The standard InChI is InChI=1S/C18H24F4N4O2/c1-24-2-4-25(5-3-24)10-12-8-13(9-14(19)16(12)17(23)27)26-6-7-28-11-15(26)18(20,21)22/h8-9,15H,2-7,10-11H2,1H3,(H2,23,27). The van der Waals surface area contributed by atoms with Crippen LogP contribution in [0, 0.1) is 5.82 Å². The van der Waals surface area contributed by atoms with Crippen molar-refractivity contribution in [1.29, 1.82) is 0 Å². The lowest BCUT2D eigenvalue weighted by Crippen LogP contribution is -2.53. The number of halogens is 4. The minimum atomic E-state index is -4.52. The van der Waals surface area contributed by atoms with Gasteiger partial charge in [-0.3, -0.25) is 9.69 Å². The van der Waals surface area contributed by atoms with E-state index in [9.17, 15) is 22.4 Å². The number of anilines is 1. The molecule has 1 unspecified atom stereocenters. The zero-order valence-corrected chi connectivity index (χ0v) is 15.6. The second-order valence-electron chi connectivity index (χ2n) is 7.23. The molecule has 1 atom stereocenters. The van der Waals surface area contributed by atoms with Crippen LogP contribution in [-0.4, -0.2) is 80.9 Å². The lowest BCUT2D eigenvalue weighted by Gasteiger charge is -2.38. The molecule has 1 aromatic carbocycles. The number of benzene rings is 1. The van der Waals surface area contributed by atoms with E-state index in [2.05, 4.69) is 4.90 Å². The molecule has 0 radical (unpaired) electrons. The van der Waals surface area contributed by atoms with E-state index in [1.165, 1.54) is 6.07 Å². The van der Waals surface area contributed by atoms with E-state index in [1.54, 1.807) is 0 Å². The lowest BCUT2D eigenvalue weighted by molar-refractivity contribution is -0.167. The molecule has 0 bridgehead atoms. The fourth-order valence-electron chi connectivity index (χ4n) is 3.64. The largest absolute Gasteiger partial charge is 0.411 e. The summed E-state index contributed by atoms with van der Waals surface area (Å²) in [6.07, 6.45) is -4.52. The molecular weight excluding hydrogens is 380 g/mol. The summed E-state index contributed by atoms with van der Waals surface area (Å²) in [5.41, 5.74) is 5.47. The van der Waals surface area contributed by atoms with Crippen LogP contribution in [0.15, 0.2) is 12.1 Å². The molecule has 0 aromatic heterocycles. The van der Waals surface area contributed by atoms with Gasteiger partial charge in [-0.25, -0.2) is 4.39 Å². The second kappa shape index (κ2) is 8.22. The Kier molecular flexibility index (Phi) is 6.11. The van der Waals surface area contributed by atoms with Gasteiger partial charge < -0.3 is 20.3 Å². The number of nitrogens with two attached hydrogens (primary N) is 1. The van der Waals surface area contributed by atoms with Crippen LogP contribution in [0.5, 0.6) is 0 Å². The minimum absolute atomic E-state index is 0.0204. The first-order valence-corrected chi connectivity index (χ1v) is 9.11. The Balaban J connectivity index is 1.94. The molecule has 10 heteroatoms. The van der Waals surface area contributed by atoms with Crippen LogP contribution in [-0.2, 0) is 11.3 Å². The first-order chi connectivity index (χ1) is 13.2. The number of likely N-dealkylation sites (N-methyl/N-ethyl adjacent to an activating group) is 1. The van der Waals surface area contributed by atoms with Crippen LogP contribution in [0.2, 0.25) is 0 Å². The number of piperazine rings is 1. The number of rotatable bonds is 4. The van der Waals surface area contributed by atoms with Crippen molar-refractivity contribution in [2.75, 3.05) is 57.9 Å². The number of carbonyl (C=O) groups is 1. The summed E-state index contributed by atoms with van der Waals surface area (Å²) in [5, 5.41) is 0. The summed E-state index contributed by atoms with van der Waals surface area (Å²) in [4.78, 5) is 17.1. The Morgan fingerprint density at radius 2 is 1.89 bits per heavy atom. The smallest absolute Gasteiger partial charge is 0.377 e. The predicted molar refractivity (Wildman–Crippen MR) is 95.7 cm³/mol. The molecule has 2 aliphatic rings. The van der Waals surface area contributed by atoms with Crippen molar-refractivity contribution in [3.8, 4) is 0 Å². The first-order valence-electron chi connectivity index (χ1n) is 9.11. The summed E-state index contributed by atoms with van der Waals surface area (Å²) in [6, 6.07) is 0.542. The number of alkyl halides is 3. The number of primary amides is 1. The number of amides is 1. The molecule has 28 heavy (non-hydrogen) atoms. The lowest BCUT2D eigenvalue weighted by atomic mass is 10.0. The Morgan fingerprint density at radius 1 is 1.21 bits per heavy atom. The quantitative estimate of drug-likeness (QED) is 0.770. The van der Waals surface area contributed by atoms with Gasteiger partial charge in [0.15, 0.2) is 0 Å². The van der Waals surface area contributed by atoms with E-state index in [1.807, 2.05) is 11.9 Å². The maximum Gasteiger partial charge on any atom is 0.411 e. The van der Waals surface area contributed by atoms with Crippen LogP contribution in [0.4, 0.5) is 23.2 Å². The van der Waals surface area contributed by atoms with Gasteiger partial charge in [-0.05, 0) is 24.7 Å². The van der Waals surface area contributed by atoms with E-state index >= 15 is 0 Å². The molecule has 0 saturated carbocycles. The van der Waals surface area contributed by atoms with Gasteiger partial charge in [0.25, 0.3) is 5.91 Å². The molecular formula is C18H24F4N4O2. The predicted octanol–water partition coefficient (Wildman–Crippen LogP) is 1.44. The zero-order chi connectivity index (χ0) is 20.5. The summed E-state index contributed by atoms with van der Waals surface area (Å²) >= 11 is 0. The molecule has 3 rings (SSSR count). The van der Waals surface area contributed by atoms with Crippen molar-refractivity contribution in [3.63, 3.8) is 0 Å². The summed E-state index contributed by atoms with van der Waals surface area (Å²) in [5.74, 6) is -1.83. The number of ether oxygens (including phenoxy) is 1. The Hall–Kier alpha value is -1.91. The molecule has 156 valence electrons. The van der Waals surface area contributed by atoms with Gasteiger partial charge in [0.1, 0.15) is 11.9 Å². The highest BCUT2D eigenvalue weighted by Crippen LogP contribution is 2.33. The van der Waals surface area contributed by atoms with Crippen LogP contribution in [0.25, 0.3) is 0 Å². The normalized spacial score (nSPS) is 22.5. The molecule has 2 fully saturated rings. The summed E-state index contributed by atoms with van der Waals surface area (Å²) in [7, 11) is 1.99. The van der Waals surface area contributed by atoms with Crippen molar-refractivity contribution < 1.29 is 27.1 Å². The number of morpholine rings is 1. The minimum Gasteiger partial charge on any atom is -0.377 e. The van der Waals surface area contributed by atoms with Crippen LogP contribution in [0.3, 0.4) is 0 Å². The number of nitrogens with zero attached hydrogens (tertiary/aromatic N) is 3. The third kappa shape index (κ3) is 4.56. The summed E-state index contributed by atoms with van der Waals surface area (Å²) in [6.45, 7) is 2.87. The Bertz CT molecular complexity index is 720. The summed E-state index contributed by atoms with van der Waals surface area (Å²) < 4.78 is 59.8. The van der Waals surface area contributed by atoms with Crippen LogP contribution in [0.1, 0.15) is 15.9 Å². The molecule has 2 heterocycles. The van der Waals surface area contributed by atoms with E-state index < -0.39 is 30.5 Å². The van der Waals surface area contributed by atoms with Crippen LogP contribution < -0.4 is 10.6 Å². The number of carbonyl (C=O) groups excluding carboxylic acids is 1. The van der Waals surface area contributed by atoms with E-state index in [0.29, 0.717) is 18.7 Å². The molecule has 0 spiro atoms. The molecule has 2 N–H and O–H groups in total. The SMILES string of the molecule is CN1CCN(Cc2cc(N3CCOCC3C(F)(F)F)cc(F)c2C(N)=O)CC1. The second-order valence-corrected chi connectivity index (χ2v) is 7.23. The topological polar surface area (TPSA) is 62.0 Å². The van der Waals surface area contributed by atoms with E-state index in [0.717, 1.165) is 24.1 Å². The molecule has 1 aromatic rings. The van der Waals surface area contributed by atoms with Gasteiger partial charge in [-0.15, -0.1) is 0 Å². The first kappa shape index (κ1) is 20.8. The number of hydrogen-bond donors (Lipinski definition) is 1. The third-order valence-corrected chi connectivity index (χ3v) is 5.23. The maximum absolute atomic E-state index is 14.7. The van der Waals surface area contributed by atoms with Crippen molar-refractivity contribution in [1.82, 2.24) is 9.80 Å². The highest BCUT2D eigenvalue weighted by molar-refractivity contribution is 5.95. The van der Waals surface area contributed by atoms with Crippen molar-refractivity contribution in [2.24, 2.45) is 5.73 Å². The van der Waals surface area contributed by atoms with Crippen molar-refractivity contribution in [3.05, 3.63) is 29.1 Å². The van der Waals surface area contributed by atoms with Gasteiger partial charge in [-0.1, -0.05) is 0 Å². The molecule has 0 aliphatic carbocycles.